The first-order chi connectivity index (χ1) is 11.6. The molecule has 0 radical (unpaired) electrons. The maximum Gasteiger partial charge on any atom is 0.142 e. The number of halogens is 2. The number of hydrogen-bond donors (Lipinski definition) is 1. The second-order valence-electron chi connectivity index (χ2n) is 5.88. The van der Waals surface area contributed by atoms with Crippen LogP contribution < -0.4 is 5.32 Å². The van der Waals surface area contributed by atoms with Crippen LogP contribution in [0, 0.1) is 6.92 Å². The summed E-state index contributed by atoms with van der Waals surface area (Å²) in [5.41, 5.74) is 4.25. The molecule has 0 aliphatic heterocycles. The zero-order chi connectivity index (χ0) is 17.1. The third-order valence-electron chi connectivity index (χ3n) is 4.19. The Bertz CT molecular complexity index is 811. The van der Waals surface area contributed by atoms with Crippen molar-refractivity contribution in [3.63, 3.8) is 0 Å². The van der Waals surface area contributed by atoms with Crippen molar-refractivity contribution in [2.75, 3.05) is 0 Å². The van der Waals surface area contributed by atoms with E-state index in [0.717, 1.165) is 28.5 Å². The molecule has 2 aromatic carbocycles. The first-order valence-corrected chi connectivity index (χ1v) is 8.70. The quantitative estimate of drug-likeness (QED) is 0.722. The van der Waals surface area contributed by atoms with Gasteiger partial charge in [-0.1, -0.05) is 53.5 Å². The first-order valence-electron chi connectivity index (χ1n) is 7.94. The van der Waals surface area contributed by atoms with E-state index in [-0.39, 0.29) is 0 Å². The second kappa shape index (κ2) is 7.39. The SMILES string of the molecule is Cc1nn(-c2ccccc2)c(Cl)c1C[NH2+][C@H](C)c1ccc(Cl)cc1. The summed E-state index contributed by atoms with van der Waals surface area (Å²) in [5.74, 6) is 0. The number of nitrogens with zero attached hydrogens (tertiary/aromatic N) is 2. The van der Waals surface area contributed by atoms with Crippen LogP contribution in [0.1, 0.15) is 29.8 Å². The molecule has 0 aliphatic carbocycles. The van der Waals surface area contributed by atoms with Crippen molar-refractivity contribution >= 4 is 23.2 Å². The average molecular weight is 361 g/mol. The molecule has 1 atom stereocenters. The summed E-state index contributed by atoms with van der Waals surface area (Å²) in [4.78, 5) is 0. The topological polar surface area (TPSA) is 34.4 Å². The van der Waals surface area contributed by atoms with Gasteiger partial charge >= 0.3 is 0 Å². The van der Waals surface area contributed by atoms with E-state index in [4.69, 9.17) is 23.2 Å². The standard InChI is InChI=1S/C19H19Cl2N3/c1-13(15-8-10-16(20)11-9-15)22-12-18-14(2)23-24(19(18)21)17-6-4-3-5-7-17/h3-11,13,22H,12H2,1-2H3/p+1/t13-/m1/s1. The zero-order valence-electron chi connectivity index (χ0n) is 13.7. The number of nitrogens with two attached hydrogens (primary N) is 1. The molecule has 3 rings (SSSR count). The van der Waals surface area contributed by atoms with Crippen molar-refractivity contribution in [2.45, 2.75) is 26.4 Å². The fourth-order valence-electron chi connectivity index (χ4n) is 2.70. The molecular weight excluding hydrogens is 341 g/mol. The van der Waals surface area contributed by atoms with Gasteiger partial charge in [0.2, 0.25) is 0 Å². The first kappa shape index (κ1) is 17.0. The van der Waals surface area contributed by atoms with Crippen molar-refractivity contribution in [3.8, 4) is 5.69 Å². The lowest BCUT2D eigenvalue weighted by molar-refractivity contribution is -0.708. The van der Waals surface area contributed by atoms with Crippen LogP contribution in [0.15, 0.2) is 54.6 Å². The van der Waals surface area contributed by atoms with Gasteiger partial charge in [-0.3, -0.25) is 0 Å². The normalized spacial score (nSPS) is 12.3. The Hall–Kier alpha value is -1.81. The number of hydrogen-bond acceptors (Lipinski definition) is 1. The molecule has 0 bridgehead atoms. The smallest absolute Gasteiger partial charge is 0.142 e. The monoisotopic (exact) mass is 360 g/mol. The van der Waals surface area contributed by atoms with Gasteiger partial charge in [0.1, 0.15) is 17.7 Å². The molecule has 124 valence electrons. The Kier molecular flexibility index (Phi) is 5.24. The molecule has 0 aliphatic rings. The van der Waals surface area contributed by atoms with Gasteiger partial charge in [-0.05, 0) is 38.1 Å². The van der Waals surface area contributed by atoms with Gasteiger partial charge in [0.05, 0.1) is 16.9 Å². The predicted octanol–water partition coefficient (Wildman–Crippen LogP) is 4.31. The minimum atomic E-state index is 0.317. The molecule has 24 heavy (non-hydrogen) atoms. The van der Waals surface area contributed by atoms with Crippen molar-refractivity contribution < 1.29 is 5.32 Å². The number of aryl methyl sites for hydroxylation is 1. The van der Waals surface area contributed by atoms with Crippen LogP contribution in [0.25, 0.3) is 5.69 Å². The molecule has 0 fully saturated rings. The number of aromatic nitrogens is 2. The average Bonchev–Trinajstić information content (AvgIpc) is 2.88. The molecule has 3 nitrogen and oxygen atoms in total. The van der Waals surface area contributed by atoms with E-state index in [0.29, 0.717) is 11.2 Å². The van der Waals surface area contributed by atoms with Gasteiger partial charge in [-0.25, -0.2) is 4.68 Å². The van der Waals surface area contributed by atoms with Gasteiger partial charge in [0.15, 0.2) is 0 Å². The van der Waals surface area contributed by atoms with E-state index in [9.17, 15) is 0 Å². The highest BCUT2D eigenvalue weighted by atomic mass is 35.5. The third kappa shape index (κ3) is 3.64. The van der Waals surface area contributed by atoms with Crippen LogP contribution in [-0.4, -0.2) is 9.78 Å². The maximum atomic E-state index is 6.58. The van der Waals surface area contributed by atoms with Crippen LogP contribution in [0.5, 0.6) is 0 Å². The Morgan fingerprint density at radius 2 is 1.71 bits per heavy atom. The van der Waals surface area contributed by atoms with Crippen LogP contribution in [0.3, 0.4) is 0 Å². The molecular formula is C19H20Cl2N3+. The Morgan fingerprint density at radius 1 is 1.04 bits per heavy atom. The fourth-order valence-corrected chi connectivity index (χ4v) is 3.18. The van der Waals surface area contributed by atoms with Gasteiger partial charge in [-0.15, -0.1) is 0 Å². The van der Waals surface area contributed by atoms with Crippen molar-refractivity contribution in [3.05, 3.63) is 81.6 Å². The molecule has 0 unspecified atom stereocenters. The number of para-hydroxylation sites is 1. The Morgan fingerprint density at radius 3 is 2.38 bits per heavy atom. The molecule has 0 saturated carbocycles. The molecule has 3 aromatic rings. The molecule has 5 heteroatoms. The van der Waals surface area contributed by atoms with E-state index < -0.39 is 0 Å². The molecule has 0 spiro atoms. The Balaban J connectivity index is 1.76. The summed E-state index contributed by atoms with van der Waals surface area (Å²) in [7, 11) is 0. The summed E-state index contributed by atoms with van der Waals surface area (Å²) in [6, 6.07) is 18.2. The number of rotatable bonds is 5. The van der Waals surface area contributed by atoms with Crippen molar-refractivity contribution in [1.29, 1.82) is 0 Å². The fraction of sp³-hybridized carbons (Fsp3) is 0.211. The molecule has 1 aromatic heterocycles. The van der Waals surface area contributed by atoms with E-state index in [1.807, 2.05) is 49.4 Å². The van der Waals surface area contributed by atoms with E-state index in [2.05, 4.69) is 29.5 Å². The maximum absolute atomic E-state index is 6.58. The summed E-state index contributed by atoms with van der Waals surface area (Å²) in [6.07, 6.45) is 0. The molecule has 0 saturated heterocycles. The highest BCUT2D eigenvalue weighted by molar-refractivity contribution is 6.30. The van der Waals surface area contributed by atoms with Gasteiger partial charge < -0.3 is 5.32 Å². The van der Waals surface area contributed by atoms with Gasteiger partial charge in [-0.2, -0.15) is 5.10 Å². The van der Waals surface area contributed by atoms with Crippen molar-refractivity contribution in [2.24, 2.45) is 0 Å². The number of benzene rings is 2. The van der Waals surface area contributed by atoms with E-state index in [1.54, 1.807) is 4.68 Å². The van der Waals surface area contributed by atoms with E-state index in [1.165, 1.54) is 5.56 Å². The summed E-state index contributed by atoms with van der Waals surface area (Å²) in [5, 5.41) is 8.29. The third-order valence-corrected chi connectivity index (χ3v) is 4.83. The van der Waals surface area contributed by atoms with Crippen LogP contribution in [-0.2, 0) is 6.54 Å². The summed E-state index contributed by atoms with van der Waals surface area (Å²) < 4.78 is 1.80. The van der Waals surface area contributed by atoms with Crippen LogP contribution in [0.2, 0.25) is 10.2 Å². The molecule has 0 amide bonds. The van der Waals surface area contributed by atoms with Crippen LogP contribution >= 0.6 is 23.2 Å². The lowest BCUT2D eigenvalue weighted by Crippen LogP contribution is -2.83. The van der Waals surface area contributed by atoms with Crippen molar-refractivity contribution in [1.82, 2.24) is 9.78 Å². The largest absolute Gasteiger partial charge is 0.336 e. The summed E-state index contributed by atoms with van der Waals surface area (Å²) in [6.45, 7) is 4.96. The van der Waals surface area contributed by atoms with Crippen LogP contribution in [0.4, 0.5) is 0 Å². The highest BCUT2D eigenvalue weighted by Crippen LogP contribution is 2.23. The lowest BCUT2D eigenvalue weighted by Gasteiger charge is -2.11. The second-order valence-corrected chi connectivity index (χ2v) is 6.68. The Labute approximate surface area is 152 Å². The summed E-state index contributed by atoms with van der Waals surface area (Å²) >= 11 is 12.5. The number of quaternary nitrogens is 1. The zero-order valence-corrected chi connectivity index (χ0v) is 15.2. The van der Waals surface area contributed by atoms with Gasteiger partial charge in [0.25, 0.3) is 0 Å². The molecule has 1 heterocycles. The highest BCUT2D eigenvalue weighted by Gasteiger charge is 2.17. The lowest BCUT2D eigenvalue weighted by atomic mass is 10.1. The van der Waals surface area contributed by atoms with E-state index >= 15 is 0 Å². The molecule has 2 N–H and O–H groups in total. The van der Waals surface area contributed by atoms with Gasteiger partial charge in [0, 0.05) is 10.6 Å². The minimum absolute atomic E-state index is 0.317. The predicted molar refractivity (Wildman–Crippen MR) is 98.8 cm³/mol. The minimum Gasteiger partial charge on any atom is -0.336 e.